The number of fused-ring (bicyclic) bond motifs is 2. The van der Waals surface area contributed by atoms with Crippen LogP contribution in [0.25, 0.3) is 0 Å². The van der Waals surface area contributed by atoms with Crippen LogP contribution in [0.3, 0.4) is 0 Å². The fraction of sp³-hybridized carbons (Fsp3) is 0.636. The zero-order valence-electron chi connectivity index (χ0n) is 10.6. The molecule has 0 aromatic carbocycles. The van der Waals surface area contributed by atoms with Crippen molar-refractivity contribution in [3.05, 3.63) is 0 Å². The molecule has 2 unspecified atom stereocenters. The number of primary amides is 2. The van der Waals surface area contributed by atoms with Gasteiger partial charge in [-0.15, -0.1) is 0 Å². The van der Waals surface area contributed by atoms with Crippen molar-refractivity contribution in [1.29, 1.82) is 0 Å². The Labute approximate surface area is 110 Å². The number of carbonyl (C=O) groups is 2. The van der Waals surface area contributed by atoms with Gasteiger partial charge in [0, 0.05) is 23.3 Å². The molecule has 2 atom stereocenters. The highest BCUT2D eigenvalue weighted by Gasteiger charge is 2.34. The van der Waals surface area contributed by atoms with Crippen LogP contribution in [0.5, 0.6) is 0 Å². The van der Waals surface area contributed by atoms with E-state index in [1.165, 1.54) is 0 Å². The Morgan fingerprint density at radius 2 is 1.37 bits per heavy atom. The van der Waals surface area contributed by atoms with E-state index in [1.807, 2.05) is 0 Å². The molecule has 104 valence electrons. The first-order valence-corrected chi connectivity index (χ1v) is 6.30. The lowest BCUT2D eigenvalue weighted by molar-refractivity contribution is 0.248. The molecule has 0 heterocycles. The number of rotatable bonds is 2. The topological polar surface area (TPSA) is 135 Å². The molecular weight excluding hydrogens is 248 g/mol. The molecular formula is C11H18N6O2. The number of hydrogen-bond acceptors (Lipinski definition) is 4. The quantitative estimate of drug-likeness (QED) is 0.533. The van der Waals surface area contributed by atoms with Crippen molar-refractivity contribution < 1.29 is 9.59 Å². The van der Waals surface area contributed by atoms with Crippen molar-refractivity contribution in [2.75, 3.05) is 0 Å². The van der Waals surface area contributed by atoms with Crippen LogP contribution in [0, 0.1) is 11.8 Å². The average molecular weight is 266 g/mol. The van der Waals surface area contributed by atoms with Crippen LogP contribution in [0.2, 0.25) is 0 Å². The van der Waals surface area contributed by atoms with Gasteiger partial charge in [0.2, 0.25) is 0 Å². The molecule has 0 aliphatic heterocycles. The molecule has 2 fully saturated rings. The SMILES string of the molecule is NC(=O)N/N=C1/CCC2CC1CC/C2=N\NC(N)=O. The van der Waals surface area contributed by atoms with Gasteiger partial charge in [0.05, 0.1) is 0 Å². The molecule has 2 bridgehead atoms. The molecule has 0 aromatic rings. The third-order valence-electron chi connectivity index (χ3n) is 3.63. The lowest BCUT2D eigenvalue weighted by Crippen LogP contribution is -2.38. The number of amides is 4. The molecule has 19 heavy (non-hydrogen) atoms. The van der Waals surface area contributed by atoms with Gasteiger partial charge in [-0.3, -0.25) is 0 Å². The maximum atomic E-state index is 10.6. The van der Waals surface area contributed by atoms with Gasteiger partial charge in [-0.25, -0.2) is 20.4 Å². The summed E-state index contributed by atoms with van der Waals surface area (Å²) in [6.07, 6.45) is 4.39. The molecule has 4 amide bonds. The van der Waals surface area contributed by atoms with E-state index >= 15 is 0 Å². The fourth-order valence-electron chi connectivity index (χ4n) is 2.79. The Hall–Kier alpha value is -2.12. The second kappa shape index (κ2) is 5.68. The summed E-state index contributed by atoms with van der Waals surface area (Å²) in [6.45, 7) is 0. The van der Waals surface area contributed by atoms with E-state index < -0.39 is 12.1 Å². The molecule has 2 rings (SSSR count). The van der Waals surface area contributed by atoms with Crippen molar-refractivity contribution in [3.8, 4) is 0 Å². The Morgan fingerprint density at radius 1 is 0.947 bits per heavy atom. The molecule has 2 aliphatic rings. The molecule has 0 saturated heterocycles. The van der Waals surface area contributed by atoms with Crippen LogP contribution >= 0.6 is 0 Å². The predicted octanol–water partition coefficient (Wildman–Crippen LogP) is 0.245. The number of nitrogens with two attached hydrogens (primary N) is 2. The predicted molar refractivity (Wildman–Crippen MR) is 70.4 cm³/mol. The number of hydrogen-bond donors (Lipinski definition) is 4. The first kappa shape index (κ1) is 13.3. The van der Waals surface area contributed by atoms with Crippen molar-refractivity contribution in [2.24, 2.45) is 33.5 Å². The van der Waals surface area contributed by atoms with Crippen LogP contribution in [0.15, 0.2) is 10.2 Å². The summed E-state index contributed by atoms with van der Waals surface area (Å²) in [4.78, 5) is 21.3. The zero-order chi connectivity index (χ0) is 13.8. The molecule has 2 aliphatic carbocycles. The van der Waals surface area contributed by atoms with Gasteiger partial charge in [0.1, 0.15) is 0 Å². The number of nitrogens with one attached hydrogen (secondary N) is 2. The number of carbonyl (C=O) groups excluding carboxylic acids is 2. The van der Waals surface area contributed by atoms with E-state index in [1.54, 1.807) is 0 Å². The lowest BCUT2D eigenvalue weighted by atomic mass is 9.70. The molecule has 6 N–H and O–H groups in total. The minimum Gasteiger partial charge on any atom is -0.350 e. The standard InChI is InChI=1S/C11H18N6O2/c12-10(18)16-14-8-3-1-6-5-7(8)2-4-9(6)15-17-11(13)19/h6-7H,1-5H2,(H3,12,16,18)(H3,13,17,19)/b14-8-,15-9+. The van der Waals surface area contributed by atoms with Crippen LogP contribution in [0.1, 0.15) is 32.1 Å². The van der Waals surface area contributed by atoms with E-state index in [0.717, 1.165) is 43.5 Å². The van der Waals surface area contributed by atoms with Gasteiger partial charge in [-0.1, -0.05) is 0 Å². The molecule has 0 radical (unpaired) electrons. The van der Waals surface area contributed by atoms with Gasteiger partial charge in [0.15, 0.2) is 0 Å². The maximum Gasteiger partial charge on any atom is 0.332 e. The smallest absolute Gasteiger partial charge is 0.332 e. The van der Waals surface area contributed by atoms with Crippen LogP contribution in [-0.2, 0) is 0 Å². The van der Waals surface area contributed by atoms with Crippen molar-refractivity contribution in [1.82, 2.24) is 10.9 Å². The minimum absolute atomic E-state index is 0.359. The Kier molecular flexibility index (Phi) is 3.98. The third-order valence-corrected chi connectivity index (χ3v) is 3.63. The first-order valence-electron chi connectivity index (χ1n) is 6.30. The molecule has 8 nitrogen and oxygen atoms in total. The van der Waals surface area contributed by atoms with Crippen LogP contribution in [0.4, 0.5) is 9.59 Å². The normalized spacial score (nSPS) is 30.1. The maximum absolute atomic E-state index is 10.6. The summed E-state index contributed by atoms with van der Waals surface area (Å²) >= 11 is 0. The average Bonchev–Trinajstić information content (AvgIpc) is 2.36. The van der Waals surface area contributed by atoms with Crippen LogP contribution < -0.4 is 22.3 Å². The Morgan fingerprint density at radius 3 is 1.74 bits per heavy atom. The molecule has 8 heteroatoms. The molecule has 0 aromatic heterocycles. The number of nitrogens with zero attached hydrogens (tertiary/aromatic N) is 2. The zero-order valence-corrected chi connectivity index (χ0v) is 10.6. The summed E-state index contributed by atoms with van der Waals surface area (Å²) in [6, 6.07) is -1.28. The molecule has 2 saturated carbocycles. The minimum atomic E-state index is -0.640. The number of hydrazone groups is 2. The summed E-state index contributed by atoms with van der Waals surface area (Å²) in [5.74, 6) is 0.719. The monoisotopic (exact) mass is 266 g/mol. The fourth-order valence-corrected chi connectivity index (χ4v) is 2.79. The second-order valence-corrected chi connectivity index (χ2v) is 4.87. The van der Waals surface area contributed by atoms with E-state index in [-0.39, 0.29) is 0 Å². The Bertz CT molecular complexity index is 404. The Balaban J connectivity index is 1.98. The molecule has 0 spiro atoms. The summed E-state index contributed by atoms with van der Waals surface area (Å²) < 4.78 is 0. The number of urea groups is 2. The van der Waals surface area contributed by atoms with Crippen molar-refractivity contribution in [2.45, 2.75) is 32.1 Å². The summed E-state index contributed by atoms with van der Waals surface area (Å²) in [7, 11) is 0. The van der Waals surface area contributed by atoms with Gasteiger partial charge >= 0.3 is 12.1 Å². The van der Waals surface area contributed by atoms with Crippen molar-refractivity contribution in [3.63, 3.8) is 0 Å². The van der Waals surface area contributed by atoms with Gasteiger partial charge in [-0.2, -0.15) is 10.2 Å². The van der Waals surface area contributed by atoms with Crippen LogP contribution in [-0.4, -0.2) is 23.5 Å². The lowest BCUT2D eigenvalue weighted by Gasteiger charge is -2.36. The van der Waals surface area contributed by atoms with Gasteiger partial charge < -0.3 is 11.5 Å². The van der Waals surface area contributed by atoms with Crippen molar-refractivity contribution >= 4 is 23.5 Å². The largest absolute Gasteiger partial charge is 0.350 e. The van der Waals surface area contributed by atoms with E-state index in [9.17, 15) is 9.59 Å². The van der Waals surface area contributed by atoms with Gasteiger partial charge in [0.25, 0.3) is 0 Å². The summed E-state index contributed by atoms with van der Waals surface area (Å²) in [5.41, 5.74) is 16.6. The highest BCUT2D eigenvalue weighted by Crippen LogP contribution is 2.36. The van der Waals surface area contributed by atoms with E-state index in [0.29, 0.717) is 11.8 Å². The third kappa shape index (κ3) is 3.43. The first-order chi connectivity index (χ1) is 9.06. The van der Waals surface area contributed by atoms with Gasteiger partial charge in [-0.05, 0) is 32.1 Å². The van der Waals surface area contributed by atoms with E-state index in [2.05, 4.69) is 21.1 Å². The summed E-state index contributed by atoms with van der Waals surface area (Å²) in [5, 5.41) is 8.13. The highest BCUT2D eigenvalue weighted by atomic mass is 16.2. The highest BCUT2D eigenvalue weighted by molar-refractivity contribution is 5.95. The second-order valence-electron chi connectivity index (χ2n) is 4.87. The van der Waals surface area contributed by atoms with E-state index in [4.69, 9.17) is 11.5 Å².